The highest BCUT2D eigenvalue weighted by atomic mass is 79.9. The van der Waals surface area contributed by atoms with Crippen LogP contribution in [0.5, 0.6) is 0 Å². The SMILES string of the molecule is OC1(c2ccc(Br)c(Cl)c2)CNC1. The van der Waals surface area contributed by atoms with Crippen LogP contribution >= 0.6 is 27.5 Å². The second kappa shape index (κ2) is 3.24. The van der Waals surface area contributed by atoms with Crippen LogP contribution in [0.2, 0.25) is 5.02 Å². The van der Waals surface area contributed by atoms with E-state index in [0.29, 0.717) is 18.1 Å². The lowest BCUT2D eigenvalue weighted by molar-refractivity contribution is -0.0146. The Hall–Kier alpha value is -0.0900. The molecule has 0 amide bonds. The lowest BCUT2D eigenvalue weighted by Gasteiger charge is -2.38. The average molecular weight is 263 g/mol. The van der Waals surface area contributed by atoms with E-state index in [1.807, 2.05) is 12.1 Å². The molecule has 0 atom stereocenters. The van der Waals surface area contributed by atoms with E-state index in [0.717, 1.165) is 10.0 Å². The van der Waals surface area contributed by atoms with Crippen LogP contribution in [0.15, 0.2) is 22.7 Å². The van der Waals surface area contributed by atoms with Gasteiger partial charge < -0.3 is 10.4 Å². The predicted molar refractivity (Wildman–Crippen MR) is 55.9 cm³/mol. The third kappa shape index (κ3) is 1.62. The molecule has 1 heterocycles. The summed E-state index contributed by atoms with van der Waals surface area (Å²) in [5.41, 5.74) is 0.157. The molecule has 1 saturated heterocycles. The Kier molecular flexibility index (Phi) is 2.36. The van der Waals surface area contributed by atoms with Gasteiger partial charge in [-0.25, -0.2) is 0 Å². The third-order valence-corrected chi connectivity index (χ3v) is 3.52. The molecule has 0 bridgehead atoms. The Morgan fingerprint density at radius 2 is 2.15 bits per heavy atom. The molecular formula is C9H9BrClNO. The van der Waals surface area contributed by atoms with Crippen molar-refractivity contribution in [3.05, 3.63) is 33.3 Å². The van der Waals surface area contributed by atoms with Crippen molar-refractivity contribution in [2.75, 3.05) is 13.1 Å². The van der Waals surface area contributed by atoms with Crippen molar-refractivity contribution >= 4 is 27.5 Å². The highest BCUT2D eigenvalue weighted by Gasteiger charge is 2.36. The summed E-state index contributed by atoms with van der Waals surface area (Å²) in [5, 5.41) is 13.6. The van der Waals surface area contributed by atoms with Gasteiger partial charge in [-0.15, -0.1) is 0 Å². The molecule has 13 heavy (non-hydrogen) atoms. The van der Waals surface area contributed by atoms with Gasteiger partial charge in [-0.3, -0.25) is 0 Å². The first-order valence-electron chi connectivity index (χ1n) is 4.00. The first-order valence-corrected chi connectivity index (χ1v) is 5.17. The molecule has 0 aromatic heterocycles. The standard InChI is InChI=1S/C9H9BrClNO/c10-7-2-1-6(3-8(7)11)9(13)4-12-5-9/h1-3,12-13H,4-5H2. The van der Waals surface area contributed by atoms with Crippen LogP contribution in [0.25, 0.3) is 0 Å². The first-order chi connectivity index (χ1) is 6.12. The van der Waals surface area contributed by atoms with E-state index >= 15 is 0 Å². The molecular weight excluding hydrogens is 253 g/mol. The lowest BCUT2D eigenvalue weighted by Crippen LogP contribution is -2.56. The molecule has 2 rings (SSSR count). The number of hydrogen-bond donors (Lipinski definition) is 2. The molecule has 1 aliphatic heterocycles. The van der Waals surface area contributed by atoms with Gasteiger partial charge in [-0.05, 0) is 33.6 Å². The molecule has 0 aliphatic carbocycles. The summed E-state index contributed by atoms with van der Waals surface area (Å²) >= 11 is 9.23. The molecule has 0 unspecified atom stereocenters. The highest BCUT2D eigenvalue weighted by molar-refractivity contribution is 9.10. The molecule has 0 radical (unpaired) electrons. The lowest BCUT2D eigenvalue weighted by atomic mass is 9.88. The fraction of sp³-hybridized carbons (Fsp3) is 0.333. The molecule has 1 aromatic carbocycles. The minimum atomic E-state index is -0.718. The van der Waals surface area contributed by atoms with Crippen LogP contribution in [0.3, 0.4) is 0 Å². The minimum Gasteiger partial charge on any atom is -0.382 e. The van der Waals surface area contributed by atoms with E-state index < -0.39 is 5.60 Å². The number of nitrogens with one attached hydrogen (secondary N) is 1. The predicted octanol–water partition coefficient (Wildman–Crippen LogP) is 1.89. The molecule has 70 valence electrons. The normalized spacial score (nSPS) is 19.6. The van der Waals surface area contributed by atoms with Gasteiger partial charge in [0.2, 0.25) is 0 Å². The summed E-state index contributed by atoms with van der Waals surface area (Å²) in [6.45, 7) is 1.20. The fourth-order valence-electron chi connectivity index (χ4n) is 1.35. The largest absolute Gasteiger partial charge is 0.382 e. The number of halogens is 2. The number of aliphatic hydroxyl groups is 1. The van der Waals surface area contributed by atoms with Gasteiger partial charge >= 0.3 is 0 Å². The molecule has 2 nitrogen and oxygen atoms in total. The molecule has 1 aromatic rings. The van der Waals surface area contributed by atoms with Crippen molar-refractivity contribution in [2.45, 2.75) is 5.60 Å². The van der Waals surface area contributed by atoms with Crippen LogP contribution in [-0.2, 0) is 5.60 Å². The van der Waals surface area contributed by atoms with Crippen LogP contribution in [0.4, 0.5) is 0 Å². The summed E-state index contributed by atoms with van der Waals surface area (Å²) < 4.78 is 0.855. The number of hydrogen-bond acceptors (Lipinski definition) is 2. The summed E-state index contributed by atoms with van der Waals surface area (Å²) in [6, 6.07) is 5.54. The quantitative estimate of drug-likeness (QED) is 0.810. The van der Waals surface area contributed by atoms with E-state index in [1.54, 1.807) is 6.07 Å². The van der Waals surface area contributed by atoms with Gasteiger partial charge in [-0.2, -0.15) is 0 Å². The maximum atomic E-state index is 9.96. The maximum absolute atomic E-state index is 9.96. The number of rotatable bonds is 1. The van der Waals surface area contributed by atoms with Crippen molar-refractivity contribution < 1.29 is 5.11 Å². The second-order valence-corrected chi connectivity index (χ2v) is 4.53. The van der Waals surface area contributed by atoms with E-state index in [2.05, 4.69) is 21.2 Å². The monoisotopic (exact) mass is 261 g/mol. The zero-order valence-electron chi connectivity index (χ0n) is 6.85. The Balaban J connectivity index is 2.36. The van der Waals surface area contributed by atoms with Crippen LogP contribution in [0.1, 0.15) is 5.56 Å². The second-order valence-electron chi connectivity index (χ2n) is 3.26. The molecule has 1 fully saturated rings. The molecule has 1 aliphatic rings. The summed E-state index contributed by atoms with van der Waals surface area (Å²) in [4.78, 5) is 0. The van der Waals surface area contributed by atoms with Gasteiger partial charge in [0.25, 0.3) is 0 Å². The smallest absolute Gasteiger partial charge is 0.114 e. The van der Waals surface area contributed by atoms with Crippen molar-refractivity contribution in [1.29, 1.82) is 0 Å². The van der Waals surface area contributed by atoms with Gasteiger partial charge in [0.15, 0.2) is 0 Å². The van der Waals surface area contributed by atoms with Crippen LogP contribution in [0, 0.1) is 0 Å². The van der Waals surface area contributed by atoms with Crippen molar-refractivity contribution in [1.82, 2.24) is 5.32 Å². The van der Waals surface area contributed by atoms with Crippen molar-refractivity contribution in [2.24, 2.45) is 0 Å². The Labute approximate surface area is 90.0 Å². The van der Waals surface area contributed by atoms with Crippen molar-refractivity contribution in [3.63, 3.8) is 0 Å². The Morgan fingerprint density at radius 3 is 2.62 bits per heavy atom. The van der Waals surface area contributed by atoms with E-state index in [-0.39, 0.29) is 0 Å². The molecule has 2 N–H and O–H groups in total. The topological polar surface area (TPSA) is 32.3 Å². The zero-order valence-corrected chi connectivity index (χ0v) is 9.19. The third-order valence-electron chi connectivity index (χ3n) is 2.29. The highest BCUT2D eigenvalue weighted by Crippen LogP contribution is 2.30. The molecule has 0 saturated carbocycles. The summed E-state index contributed by atoms with van der Waals surface area (Å²) in [5.74, 6) is 0. The van der Waals surface area contributed by atoms with E-state index in [1.165, 1.54) is 0 Å². The maximum Gasteiger partial charge on any atom is 0.114 e. The van der Waals surface area contributed by atoms with Gasteiger partial charge in [0.05, 0.1) is 5.02 Å². The van der Waals surface area contributed by atoms with Gasteiger partial charge in [0, 0.05) is 17.6 Å². The number of benzene rings is 1. The van der Waals surface area contributed by atoms with Gasteiger partial charge in [0.1, 0.15) is 5.60 Å². The Morgan fingerprint density at radius 1 is 1.46 bits per heavy atom. The first kappa shape index (κ1) is 9.46. The zero-order chi connectivity index (χ0) is 9.47. The Bertz CT molecular complexity index is 338. The van der Waals surface area contributed by atoms with Crippen LogP contribution < -0.4 is 5.32 Å². The van der Waals surface area contributed by atoms with Crippen molar-refractivity contribution in [3.8, 4) is 0 Å². The summed E-state index contributed by atoms with van der Waals surface area (Å²) in [7, 11) is 0. The van der Waals surface area contributed by atoms with E-state index in [9.17, 15) is 5.11 Å². The van der Waals surface area contributed by atoms with Gasteiger partial charge in [-0.1, -0.05) is 17.7 Å². The molecule has 4 heteroatoms. The van der Waals surface area contributed by atoms with E-state index in [4.69, 9.17) is 11.6 Å². The summed E-state index contributed by atoms with van der Waals surface area (Å²) in [6.07, 6.45) is 0. The average Bonchev–Trinajstić information content (AvgIpc) is 2.06. The number of β-amino-alcohol motifs (C(OH)–C–C–N with tert-alkyl or cyclic N) is 1. The molecule has 0 spiro atoms. The van der Waals surface area contributed by atoms with Crippen LogP contribution in [-0.4, -0.2) is 18.2 Å². The fourth-order valence-corrected chi connectivity index (χ4v) is 1.78. The minimum absolute atomic E-state index is 0.602.